The van der Waals surface area contributed by atoms with E-state index in [0.29, 0.717) is 25.1 Å². The van der Waals surface area contributed by atoms with Crippen LogP contribution < -0.4 is 15.8 Å². The normalized spacial score (nSPS) is 10.7. The molecular formula is C12H14Cl2F2N2O2. The maximum Gasteiger partial charge on any atom is 0.387 e. The van der Waals surface area contributed by atoms with Gasteiger partial charge in [0.15, 0.2) is 5.75 Å². The number of amides is 1. The second-order valence-electron chi connectivity index (χ2n) is 3.94. The maximum absolute atomic E-state index is 12.1. The smallest absolute Gasteiger partial charge is 0.387 e. The Hall–Kier alpha value is -1.11. The van der Waals surface area contributed by atoms with Crippen molar-refractivity contribution in [2.24, 2.45) is 5.73 Å². The third kappa shape index (κ3) is 5.48. The quantitative estimate of drug-likeness (QED) is 0.751. The van der Waals surface area contributed by atoms with Gasteiger partial charge in [0.05, 0.1) is 10.0 Å². The van der Waals surface area contributed by atoms with Crippen LogP contribution in [0.2, 0.25) is 10.0 Å². The van der Waals surface area contributed by atoms with Crippen LogP contribution in [0.1, 0.15) is 19.3 Å². The summed E-state index contributed by atoms with van der Waals surface area (Å²) in [6.07, 6.45) is 1.72. The minimum atomic E-state index is -3.03. The van der Waals surface area contributed by atoms with Crippen molar-refractivity contribution in [2.75, 3.05) is 11.9 Å². The van der Waals surface area contributed by atoms with Gasteiger partial charge in [-0.3, -0.25) is 4.79 Å². The summed E-state index contributed by atoms with van der Waals surface area (Å²) < 4.78 is 28.5. The molecule has 0 bridgehead atoms. The lowest BCUT2D eigenvalue weighted by molar-refractivity contribution is -0.116. The number of hydrogen-bond donors (Lipinski definition) is 2. The van der Waals surface area contributed by atoms with E-state index < -0.39 is 6.61 Å². The number of nitrogens with two attached hydrogens (primary N) is 1. The standard InChI is InChI=1S/C12H14Cl2F2N2O2/c13-8-5-7(18-10(19)3-1-2-4-17)6-9(14)11(8)20-12(15)16/h5-6,12H,1-4,17H2,(H,18,19). The van der Waals surface area contributed by atoms with E-state index >= 15 is 0 Å². The van der Waals surface area contributed by atoms with Gasteiger partial charge in [-0.25, -0.2) is 0 Å². The average Bonchev–Trinajstić information content (AvgIpc) is 2.34. The molecule has 0 fully saturated rings. The molecule has 0 radical (unpaired) electrons. The zero-order valence-corrected chi connectivity index (χ0v) is 12.0. The number of anilines is 1. The Kier molecular flexibility index (Phi) is 6.98. The highest BCUT2D eigenvalue weighted by Gasteiger charge is 2.15. The van der Waals surface area contributed by atoms with Crippen molar-refractivity contribution in [3.63, 3.8) is 0 Å². The molecule has 3 N–H and O–H groups in total. The molecule has 1 aromatic rings. The van der Waals surface area contributed by atoms with Crippen molar-refractivity contribution in [1.29, 1.82) is 0 Å². The molecule has 20 heavy (non-hydrogen) atoms. The van der Waals surface area contributed by atoms with E-state index in [-0.39, 0.29) is 21.7 Å². The van der Waals surface area contributed by atoms with E-state index in [9.17, 15) is 13.6 Å². The molecule has 1 amide bonds. The van der Waals surface area contributed by atoms with Gasteiger partial charge in [-0.2, -0.15) is 8.78 Å². The van der Waals surface area contributed by atoms with Crippen LogP contribution in [0.25, 0.3) is 0 Å². The third-order valence-corrected chi connectivity index (χ3v) is 2.91. The van der Waals surface area contributed by atoms with Gasteiger partial charge in [0, 0.05) is 12.1 Å². The number of rotatable bonds is 7. The first-order valence-corrected chi connectivity index (χ1v) is 6.63. The molecule has 0 aliphatic carbocycles. The summed E-state index contributed by atoms with van der Waals surface area (Å²) in [6, 6.07) is 2.60. The highest BCUT2D eigenvalue weighted by Crippen LogP contribution is 2.36. The molecular weight excluding hydrogens is 313 g/mol. The van der Waals surface area contributed by atoms with Crippen molar-refractivity contribution in [2.45, 2.75) is 25.9 Å². The highest BCUT2D eigenvalue weighted by atomic mass is 35.5. The minimum Gasteiger partial charge on any atom is -0.432 e. The number of halogens is 4. The Morgan fingerprint density at radius 2 is 1.90 bits per heavy atom. The first kappa shape index (κ1) is 16.9. The van der Waals surface area contributed by atoms with Crippen molar-refractivity contribution >= 4 is 34.8 Å². The molecule has 0 aromatic heterocycles. The number of nitrogens with one attached hydrogen (secondary N) is 1. The zero-order chi connectivity index (χ0) is 15.1. The van der Waals surface area contributed by atoms with Crippen LogP contribution in [0.5, 0.6) is 5.75 Å². The molecule has 0 saturated carbocycles. The second kappa shape index (κ2) is 8.24. The van der Waals surface area contributed by atoms with Gasteiger partial charge in [-0.1, -0.05) is 23.2 Å². The van der Waals surface area contributed by atoms with Crippen LogP contribution in [-0.4, -0.2) is 19.1 Å². The third-order valence-electron chi connectivity index (χ3n) is 2.35. The van der Waals surface area contributed by atoms with Crippen LogP contribution >= 0.6 is 23.2 Å². The summed E-state index contributed by atoms with van der Waals surface area (Å²) in [5.41, 5.74) is 5.64. The van der Waals surface area contributed by atoms with Gasteiger partial charge in [-0.05, 0) is 31.5 Å². The van der Waals surface area contributed by atoms with Crippen LogP contribution in [0.3, 0.4) is 0 Å². The van der Waals surface area contributed by atoms with Crippen molar-refractivity contribution in [3.05, 3.63) is 22.2 Å². The summed E-state index contributed by atoms with van der Waals surface area (Å²) in [6.45, 7) is -2.51. The number of carbonyl (C=O) groups is 1. The molecule has 1 rings (SSSR count). The molecule has 0 atom stereocenters. The number of ether oxygens (including phenoxy) is 1. The van der Waals surface area contributed by atoms with Crippen LogP contribution in [0, 0.1) is 0 Å². The summed E-state index contributed by atoms with van der Waals surface area (Å²) in [7, 11) is 0. The van der Waals surface area contributed by atoms with Crippen molar-refractivity contribution in [1.82, 2.24) is 0 Å². The van der Waals surface area contributed by atoms with Crippen LogP contribution in [0.15, 0.2) is 12.1 Å². The van der Waals surface area contributed by atoms with Crippen molar-refractivity contribution < 1.29 is 18.3 Å². The van der Waals surface area contributed by atoms with E-state index in [1.54, 1.807) is 0 Å². The minimum absolute atomic E-state index is 0.102. The SMILES string of the molecule is NCCCCC(=O)Nc1cc(Cl)c(OC(F)F)c(Cl)c1. The van der Waals surface area contributed by atoms with Gasteiger partial charge in [-0.15, -0.1) is 0 Å². The number of alkyl halides is 2. The highest BCUT2D eigenvalue weighted by molar-refractivity contribution is 6.37. The van der Waals surface area contributed by atoms with Crippen LogP contribution in [0.4, 0.5) is 14.5 Å². The first-order valence-electron chi connectivity index (χ1n) is 5.87. The topological polar surface area (TPSA) is 64.4 Å². The monoisotopic (exact) mass is 326 g/mol. The number of carbonyl (C=O) groups excluding carboxylic acids is 1. The second-order valence-corrected chi connectivity index (χ2v) is 4.76. The predicted molar refractivity (Wildman–Crippen MR) is 74.6 cm³/mol. The summed E-state index contributed by atoms with van der Waals surface area (Å²) >= 11 is 11.6. The Morgan fingerprint density at radius 1 is 1.30 bits per heavy atom. The molecule has 0 aliphatic heterocycles. The van der Waals surface area contributed by atoms with E-state index in [1.807, 2.05) is 0 Å². The fraction of sp³-hybridized carbons (Fsp3) is 0.417. The van der Waals surface area contributed by atoms with Crippen molar-refractivity contribution in [3.8, 4) is 5.75 Å². The molecule has 0 spiro atoms. The molecule has 0 heterocycles. The fourth-order valence-electron chi connectivity index (χ4n) is 1.49. The Balaban J connectivity index is 2.71. The lowest BCUT2D eigenvalue weighted by Crippen LogP contribution is -2.12. The van der Waals surface area contributed by atoms with E-state index in [2.05, 4.69) is 10.1 Å². The van der Waals surface area contributed by atoms with Gasteiger partial charge in [0.25, 0.3) is 0 Å². The lowest BCUT2D eigenvalue weighted by Gasteiger charge is -2.11. The molecule has 4 nitrogen and oxygen atoms in total. The van der Waals surface area contributed by atoms with E-state index in [4.69, 9.17) is 28.9 Å². The molecule has 8 heteroatoms. The molecule has 0 unspecified atom stereocenters. The van der Waals surface area contributed by atoms with Gasteiger partial charge >= 0.3 is 6.61 Å². The first-order chi connectivity index (χ1) is 9.43. The molecule has 112 valence electrons. The Bertz CT molecular complexity index is 450. The molecule has 1 aromatic carbocycles. The number of benzene rings is 1. The summed E-state index contributed by atoms with van der Waals surface area (Å²) in [5, 5.41) is 2.37. The van der Waals surface area contributed by atoms with Gasteiger partial charge < -0.3 is 15.8 Å². The zero-order valence-electron chi connectivity index (χ0n) is 10.5. The predicted octanol–water partition coefficient (Wildman–Crippen LogP) is 3.66. The van der Waals surface area contributed by atoms with E-state index in [1.165, 1.54) is 12.1 Å². The fourth-order valence-corrected chi connectivity index (χ4v) is 2.06. The maximum atomic E-state index is 12.1. The summed E-state index contributed by atoms with van der Waals surface area (Å²) in [4.78, 5) is 11.6. The summed E-state index contributed by atoms with van der Waals surface area (Å²) in [5.74, 6) is -0.544. The van der Waals surface area contributed by atoms with Gasteiger partial charge in [0.1, 0.15) is 0 Å². The van der Waals surface area contributed by atoms with Gasteiger partial charge in [0.2, 0.25) is 5.91 Å². The Labute approximate surface area is 125 Å². The largest absolute Gasteiger partial charge is 0.432 e. The van der Waals surface area contributed by atoms with Crippen LogP contribution in [-0.2, 0) is 4.79 Å². The molecule has 0 aliphatic rings. The average molecular weight is 327 g/mol. The van der Waals surface area contributed by atoms with E-state index in [0.717, 1.165) is 6.42 Å². The Morgan fingerprint density at radius 3 is 2.40 bits per heavy atom. The lowest BCUT2D eigenvalue weighted by atomic mass is 10.2. The number of unbranched alkanes of at least 4 members (excludes halogenated alkanes) is 1. The number of hydrogen-bond acceptors (Lipinski definition) is 3. The molecule has 0 saturated heterocycles.